The number of hydrogen-bond donors (Lipinski definition) is 1. The Balaban J connectivity index is 1.68. The molecule has 4 rings (SSSR count). The molecule has 1 aliphatic carbocycles. The third kappa shape index (κ3) is 3.67. The van der Waals surface area contributed by atoms with E-state index in [4.69, 9.17) is 0 Å². The van der Waals surface area contributed by atoms with Gasteiger partial charge in [0.05, 0.1) is 10.4 Å². The van der Waals surface area contributed by atoms with Crippen molar-refractivity contribution in [3.63, 3.8) is 0 Å². The molecule has 0 spiro atoms. The molecule has 1 atom stereocenters. The Labute approximate surface area is 159 Å². The van der Waals surface area contributed by atoms with Gasteiger partial charge in [0.15, 0.2) is 9.84 Å². The predicted molar refractivity (Wildman–Crippen MR) is 108 cm³/mol. The van der Waals surface area contributed by atoms with Crippen molar-refractivity contribution in [2.75, 3.05) is 11.6 Å². The number of hydrogen-bond acceptors (Lipinski definition) is 5. The first-order valence-electron chi connectivity index (χ1n) is 9.25. The summed E-state index contributed by atoms with van der Waals surface area (Å²) in [7, 11) is -3.29. The van der Waals surface area contributed by atoms with Crippen LogP contribution in [0.1, 0.15) is 42.5 Å². The van der Waals surface area contributed by atoms with Gasteiger partial charge in [-0.2, -0.15) is 0 Å². The fourth-order valence-corrected chi connectivity index (χ4v) is 4.34. The molecule has 0 fully saturated rings. The van der Waals surface area contributed by atoms with Crippen LogP contribution in [0.4, 0.5) is 5.82 Å². The van der Waals surface area contributed by atoms with Gasteiger partial charge in [-0.25, -0.2) is 18.4 Å². The minimum Gasteiger partial charge on any atom is -0.363 e. The third-order valence-electron chi connectivity index (χ3n) is 5.26. The van der Waals surface area contributed by atoms with E-state index in [1.807, 2.05) is 0 Å². The first kappa shape index (κ1) is 17.9. The maximum absolute atomic E-state index is 11.9. The Hall–Kier alpha value is -2.47. The summed E-state index contributed by atoms with van der Waals surface area (Å²) in [4.78, 5) is 8.90. The number of fused-ring (bicyclic) bond motifs is 2. The Bertz CT molecular complexity index is 1110. The Morgan fingerprint density at radius 2 is 1.78 bits per heavy atom. The molecule has 2 aromatic carbocycles. The van der Waals surface area contributed by atoms with E-state index < -0.39 is 9.84 Å². The predicted octanol–water partition coefficient (Wildman–Crippen LogP) is 4.09. The number of nitrogens with one attached hydrogen (secondary N) is 1. The van der Waals surface area contributed by atoms with E-state index in [2.05, 4.69) is 40.4 Å². The van der Waals surface area contributed by atoms with Crippen LogP contribution in [0.3, 0.4) is 0 Å². The van der Waals surface area contributed by atoms with Gasteiger partial charge in [0.2, 0.25) is 0 Å². The van der Waals surface area contributed by atoms with Crippen molar-refractivity contribution in [3.05, 3.63) is 59.4 Å². The monoisotopic (exact) mass is 381 g/mol. The van der Waals surface area contributed by atoms with E-state index >= 15 is 0 Å². The average Bonchev–Trinajstić information content (AvgIpc) is 2.66. The highest BCUT2D eigenvalue weighted by Crippen LogP contribution is 2.29. The van der Waals surface area contributed by atoms with Gasteiger partial charge < -0.3 is 5.32 Å². The van der Waals surface area contributed by atoms with Crippen molar-refractivity contribution < 1.29 is 8.42 Å². The second kappa shape index (κ2) is 6.93. The number of rotatable bonds is 4. The highest BCUT2D eigenvalue weighted by atomic mass is 32.2. The molecular weight excluding hydrogens is 358 g/mol. The number of sulfone groups is 1. The third-order valence-corrected chi connectivity index (χ3v) is 6.37. The van der Waals surface area contributed by atoms with Crippen molar-refractivity contribution in [2.45, 2.75) is 43.5 Å². The van der Waals surface area contributed by atoms with Crippen LogP contribution in [0.2, 0.25) is 0 Å². The van der Waals surface area contributed by atoms with E-state index in [-0.39, 0.29) is 10.9 Å². The minimum absolute atomic E-state index is 0.0530. The van der Waals surface area contributed by atoms with Gasteiger partial charge in [0.25, 0.3) is 0 Å². The molecule has 6 heteroatoms. The van der Waals surface area contributed by atoms with Crippen LogP contribution in [0, 0.1) is 0 Å². The first-order chi connectivity index (χ1) is 12.9. The first-order valence-corrected chi connectivity index (χ1v) is 11.1. The largest absolute Gasteiger partial charge is 0.363 e. The van der Waals surface area contributed by atoms with Crippen LogP contribution in [0.25, 0.3) is 10.9 Å². The zero-order chi connectivity index (χ0) is 19.0. The molecule has 1 aromatic heterocycles. The lowest BCUT2D eigenvalue weighted by atomic mass is 9.89. The van der Waals surface area contributed by atoms with Crippen LogP contribution < -0.4 is 5.32 Å². The quantitative estimate of drug-likeness (QED) is 0.737. The highest BCUT2D eigenvalue weighted by molar-refractivity contribution is 7.90. The van der Waals surface area contributed by atoms with Crippen molar-refractivity contribution >= 4 is 26.6 Å². The summed E-state index contributed by atoms with van der Waals surface area (Å²) in [6.07, 6.45) is 7.55. The highest BCUT2D eigenvalue weighted by Gasteiger charge is 2.15. The molecule has 27 heavy (non-hydrogen) atoms. The molecule has 0 saturated heterocycles. The molecule has 0 aliphatic heterocycles. The van der Waals surface area contributed by atoms with Crippen molar-refractivity contribution in [1.82, 2.24) is 9.97 Å². The van der Waals surface area contributed by atoms with Gasteiger partial charge in [-0.3, -0.25) is 0 Å². The Morgan fingerprint density at radius 3 is 2.56 bits per heavy atom. The number of aromatic nitrogens is 2. The van der Waals surface area contributed by atoms with E-state index in [0.29, 0.717) is 11.2 Å². The van der Waals surface area contributed by atoms with Gasteiger partial charge in [0, 0.05) is 17.7 Å². The van der Waals surface area contributed by atoms with E-state index in [1.165, 1.54) is 48.5 Å². The molecule has 1 aliphatic rings. The van der Waals surface area contributed by atoms with Crippen molar-refractivity contribution in [2.24, 2.45) is 0 Å². The fraction of sp³-hybridized carbons (Fsp3) is 0.333. The molecule has 0 bridgehead atoms. The molecule has 0 radical (unpaired) electrons. The zero-order valence-electron chi connectivity index (χ0n) is 15.6. The molecule has 0 amide bonds. The summed E-state index contributed by atoms with van der Waals surface area (Å²) >= 11 is 0. The van der Waals surface area contributed by atoms with Gasteiger partial charge in [0.1, 0.15) is 12.1 Å². The second-order valence-corrected chi connectivity index (χ2v) is 9.29. The zero-order valence-corrected chi connectivity index (χ0v) is 16.4. The molecule has 1 heterocycles. The van der Waals surface area contributed by atoms with E-state index in [9.17, 15) is 8.42 Å². The average molecular weight is 382 g/mol. The van der Waals surface area contributed by atoms with Crippen molar-refractivity contribution in [1.29, 1.82) is 0 Å². The number of nitrogens with zero attached hydrogens (tertiary/aromatic N) is 2. The summed E-state index contributed by atoms with van der Waals surface area (Å²) < 4.78 is 23.8. The summed E-state index contributed by atoms with van der Waals surface area (Å²) in [5.41, 5.74) is 4.83. The summed E-state index contributed by atoms with van der Waals surface area (Å²) in [5, 5.41) is 4.15. The van der Waals surface area contributed by atoms with Crippen LogP contribution in [-0.2, 0) is 22.7 Å². The van der Waals surface area contributed by atoms with Gasteiger partial charge in [-0.1, -0.05) is 18.2 Å². The number of aryl methyl sites for hydroxylation is 2. The Kier molecular flexibility index (Phi) is 4.60. The molecule has 0 unspecified atom stereocenters. The lowest BCUT2D eigenvalue weighted by molar-refractivity contribution is 0.602. The molecule has 5 nitrogen and oxygen atoms in total. The summed E-state index contributed by atoms with van der Waals surface area (Å²) in [5.74, 6) is 0.649. The van der Waals surface area contributed by atoms with Crippen LogP contribution in [-0.4, -0.2) is 24.6 Å². The van der Waals surface area contributed by atoms with Crippen molar-refractivity contribution in [3.8, 4) is 0 Å². The smallest absolute Gasteiger partial charge is 0.175 e. The normalized spacial score (nSPS) is 15.3. The van der Waals surface area contributed by atoms with Crippen LogP contribution in [0.15, 0.2) is 47.6 Å². The van der Waals surface area contributed by atoms with Gasteiger partial charge >= 0.3 is 0 Å². The van der Waals surface area contributed by atoms with E-state index in [1.54, 1.807) is 18.2 Å². The minimum atomic E-state index is -3.29. The summed E-state index contributed by atoms with van der Waals surface area (Å²) in [6.45, 7) is 2.10. The fourth-order valence-electron chi connectivity index (χ4n) is 3.69. The molecule has 1 N–H and O–H groups in total. The maximum Gasteiger partial charge on any atom is 0.175 e. The van der Waals surface area contributed by atoms with Crippen LogP contribution >= 0.6 is 0 Å². The maximum atomic E-state index is 11.9. The van der Waals surface area contributed by atoms with Crippen LogP contribution in [0.5, 0.6) is 0 Å². The molecule has 3 aromatic rings. The lowest BCUT2D eigenvalue weighted by Crippen LogP contribution is -2.11. The van der Waals surface area contributed by atoms with Gasteiger partial charge in [-0.15, -0.1) is 0 Å². The SMILES string of the molecule is C[C@H](Nc1ncnc2ccc(S(C)(=O)=O)cc12)c1ccc2c(c1)CCCC2. The topological polar surface area (TPSA) is 72.0 Å². The second-order valence-electron chi connectivity index (χ2n) is 7.27. The molecule has 0 saturated carbocycles. The number of benzene rings is 2. The molecule has 140 valence electrons. The Morgan fingerprint density at radius 1 is 1.00 bits per heavy atom. The lowest BCUT2D eigenvalue weighted by Gasteiger charge is -2.21. The molecular formula is C21H23N3O2S. The standard InChI is InChI=1S/C21H23N3O2S/c1-14(16-8-7-15-5-3-4-6-17(15)11-16)24-21-19-12-18(27(2,25)26)9-10-20(19)22-13-23-21/h7-14H,3-6H2,1-2H3,(H,22,23,24)/t14-/m0/s1. The van der Waals surface area contributed by atoms with Gasteiger partial charge in [-0.05, 0) is 67.5 Å². The summed E-state index contributed by atoms with van der Waals surface area (Å²) in [6, 6.07) is 11.7. The van der Waals surface area contributed by atoms with E-state index in [0.717, 1.165) is 11.9 Å². The number of anilines is 1.